The average molecular weight is 222 g/mol. The summed E-state index contributed by atoms with van der Waals surface area (Å²) in [5, 5.41) is 1.18. The second-order valence-corrected chi connectivity index (χ2v) is 3.71. The Kier molecular flexibility index (Phi) is 1.85. The average Bonchev–Trinajstić information content (AvgIpc) is 2.04. The van der Waals surface area contributed by atoms with Crippen LogP contribution in [0.1, 0.15) is 5.56 Å². The van der Waals surface area contributed by atoms with E-state index in [4.69, 9.17) is 0 Å². The molecule has 0 atom stereocenters. The first kappa shape index (κ1) is 7.74. The number of rotatable bonds is 0. The van der Waals surface area contributed by atoms with Crippen LogP contribution in [0.2, 0.25) is 0 Å². The highest BCUT2D eigenvalue weighted by Gasteiger charge is 1.98. The molecule has 0 spiro atoms. The van der Waals surface area contributed by atoms with Crippen molar-refractivity contribution in [3.8, 4) is 0 Å². The van der Waals surface area contributed by atoms with Crippen LogP contribution in [0.15, 0.2) is 34.9 Å². The fourth-order valence-corrected chi connectivity index (χ4v) is 1.92. The maximum atomic E-state index is 4.30. The van der Waals surface area contributed by atoms with Crippen LogP contribution in [0.5, 0.6) is 0 Å². The Balaban J connectivity index is 2.89. The van der Waals surface area contributed by atoms with Gasteiger partial charge in [-0.2, -0.15) is 0 Å². The third-order valence-electron chi connectivity index (χ3n) is 1.86. The van der Waals surface area contributed by atoms with E-state index in [1.807, 2.05) is 12.3 Å². The van der Waals surface area contributed by atoms with Gasteiger partial charge >= 0.3 is 0 Å². The van der Waals surface area contributed by atoms with Crippen LogP contribution >= 0.6 is 15.9 Å². The summed E-state index contributed by atoms with van der Waals surface area (Å²) in [5.41, 5.74) is 2.29. The van der Waals surface area contributed by atoms with Crippen molar-refractivity contribution in [3.63, 3.8) is 0 Å². The van der Waals surface area contributed by atoms with Gasteiger partial charge in [0.25, 0.3) is 0 Å². The van der Waals surface area contributed by atoms with Crippen LogP contribution in [-0.4, -0.2) is 4.98 Å². The summed E-state index contributed by atoms with van der Waals surface area (Å²) in [7, 11) is 0. The molecule has 0 aliphatic heterocycles. The van der Waals surface area contributed by atoms with Crippen molar-refractivity contribution in [2.75, 3.05) is 0 Å². The van der Waals surface area contributed by atoms with Crippen LogP contribution in [0.3, 0.4) is 0 Å². The second-order valence-electron chi connectivity index (χ2n) is 2.80. The number of fused-ring (bicyclic) bond motifs is 1. The van der Waals surface area contributed by atoms with Crippen molar-refractivity contribution in [2.24, 2.45) is 0 Å². The first-order valence-electron chi connectivity index (χ1n) is 3.78. The molecule has 0 fully saturated rings. The lowest BCUT2D eigenvalue weighted by Gasteiger charge is -2.00. The molecule has 0 unspecified atom stereocenters. The number of benzene rings is 1. The molecule has 2 aromatic rings. The molecule has 1 nitrogen and oxygen atoms in total. The lowest BCUT2D eigenvalue weighted by atomic mass is 10.1. The van der Waals surface area contributed by atoms with Crippen LogP contribution in [0.25, 0.3) is 10.9 Å². The lowest BCUT2D eigenvalue weighted by Crippen LogP contribution is -1.81. The summed E-state index contributed by atoms with van der Waals surface area (Å²) < 4.78 is 1.11. The predicted molar refractivity (Wildman–Crippen MR) is 54.2 cm³/mol. The Hall–Kier alpha value is -0.890. The van der Waals surface area contributed by atoms with Gasteiger partial charge in [-0.05, 0) is 30.7 Å². The van der Waals surface area contributed by atoms with Gasteiger partial charge in [0, 0.05) is 16.1 Å². The zero-order valence-electron chi connectivity index (χ0n) is 6.71. The minimum atomic E-state index is 1.08. The van der Waals surface area contributed by atoms with Crippen molar-refractivity contribution in [2.45, 2.75) is 6.92 Å². The molecule has 1 aromatic carbocycles. The summed E-state index contributed by atoms with van der Waals surface area (Å²) in [5.74, 6) is 0. The van der Waals surface area contributed by atoms with Gasteiger partial charge in [-0.3, -0.25) is 4.98 Å². The molecule has 0 radical (unpaired) electrons. The van der Waals surface area contributed by atoms with Crippen molar-refractivity contribution in [3.05, 3.63) is 40.5 Å². The fraction of sp³-hybridized carbons (Fsp3) is 0.100. The zero-order valence-corrected chi connectivity index (χ0v) is 8.30. The SMILES string of the molecule is Cc1cc(Br)cc2cccnc12. The molecule has 60 valence electrons. The molecule has 0 aliphatic rings. The minimum absolute atomic E-state index is 1.08. The van der Waals surface area contributed by atoms with Gasteiger partial charge in [0.15, 0.2) is 0 Å². The van der Waals surface area contributed by atoms with Crippen LogP contribution in [0, 0.1) is 6.92 Å². The minimum Gasteiger partial charge on any atom is -0.256 e. The summed E-state index contributed by atoms with van der Waals surface area (Å²) >= 11 is 3.46. The standard InChI is InChI=1S/C10H8BrN/c1-7-5-9(11)6-8-3-2-4-12-10(7)8/h2-6H,1H3. The number of hydrogen-bond acceptors (Lipinski definition) is 1. The molecule has 0 saturated heterocycles. The van der Waals surface area contributed by atoms with E-state index in [2.05, 4.69) is 46.0 Å². The molecule has 0 aliphatic carbocycles. The normalized spacial score (nSPS) is 10.5. The molecular weight excluding hydrogens is 214 g/mol. The van der Waals surface area contributed by atoms with E-state index in [1.54, 1.807) is 0 Å². The monoisotopic (exact) mass is 221 g/mol. The van der Waals surface area contributed by atoms with E-state index in [-0.39, 0.29) is 0 Å². The summed E-state index contributed by atoms with van der Waals surface area (Å²) in [6, 6.07) is 8.18. The highest BCUT2D eigenvalue weighted by Crippen LogP contribution is 2.21. The number of halogens is 1. The molecule has 0 N–H and O–H groups in total. The number of hydrogen-bond donors (Lipinski definition) is 0. The molecule has 0 bridgehead atoms. The van der Waals surface area contributed by atoms with Crippen LogP contribution in [0.4, 0.5) is 0 Å². The maximum absolute atomic E-state index is 4.30. The highest BCUT2D eigenvalue weighted by atomic mass is 79.9. The van der Waals surface area contributed by atoms with Gasteiger partial charge in [-0.15, -0.1) is 0 Å². The molecule has 0 saturated carbocycles. The largest absolute Gasteiger partial charge is 0.256 e. The summed E-state index contributed by atoms with van der Waals surface area (Å²) in [6.07, 6.45) is 1.82. The topological polar surface area (TPSA) is 12.9 Å². The Morgan fingerprint density at radius 1 is 1.33 bits per heavy atom. The van der Waals surface area contributed by atoms with E-state index < -0.39 is 0 Å². The van der Waals surface area contributed by atoms with Crippen molar-refractivity contribution in [1.29, 1.82) is 0 Å². The Morgan fingerprint density at radius 3 is 3.00 bits per heavy atom. The van der Waals surface area contributed by atoms with E-state index in [0.717, 1.165) is 9.99 Å². The van der Waals surface area contributed by atoms with Crippen molar-refractivity contribution in [1.82, 2.24) is 4.98 Å². The number of pyridine rings is 1. The zero-order chi connectivity index (χ0) is 8.55. The van der Waals surface area contributed by atoms with E-state index in [9.17, 15) is 0 Å². The fourth-order valence-electron chi connectivity index (χ4n) is 1.33. The molecule has 1 heterocycles. The molecule has 1 aromatic heterocycles. The number of aromatic nitrogens is 1. The quantitative estimate of drug-likeness (QED) is 0.666. The third-order valence-corrected chi connectivity index (χ3v) is 2.32. The van der Waals surface area contributed by atoms with E-state index in [1.165, 1.54) is 10.9 Å². The van der Waals surface area contributed by atoms with Gasteiger partial charge in [-0.25, -0.2) is 0 Å². The Bertz CT molecular complexity index is 423. The number of nitrogens with zero attached hydrogens (tertiary/aromatic N) is 1. The Labute approximate surface area is 79.6 Å². The van der Waals surface area contributed by atoms with E-state index in [0.29, 0.717) is 0 Å². The van der Waals surface area contributed by atoms with Gasteiger partial charge in [0.05, 0.1) is 5.52 Å². The number of aryl methyl sites for hydroxylation is 1. The summed E-state index contributed by atoms with van der Waals surface area (Å²) in [6.45, 7) is 2.07. The molecule has 2 rings (SSSR count). The Morgan fingerprint density at radius 2 is 2.17 bits per heavy atom. The van der Waals surface area contributed by atoms with Gasteiger partial charge in [0.1, 0.15) is 0 Å². The molecule has 12 heavy (non-hydrogen) atoms. The maximum Gasteiger partial charge on any atom is 0.0731 e. The van der Waals surface area contributed by atoms with Gasteiger partial charge < -0.3 is 0 Å². The first-order chi connectivity index (χ1) is 5.77. The lowest BCUT2D eigenvalue weighted by molar-refractivity contribution is 1.36. The first-order valence-corrected chi connectivity index (χ1v) is 4.57. The second kappa shape index (κ2) is 2.87. The van der Waals surface area contributed by atoms with Crippen LogP contribution < -0.4 is 0 Å². The smallest absolute Gasteiger partial charge is 0.0731 e. The van der Waals surface area contributed by atoms with Gasteiger partial charge in [0.2, 0.25) is 0 Å². The molecule has 2 heteroatoms. The van der Waals surface area contributed by atoms with Crippen molar-refractivity contribution < 1.29 is 0 Å². The van der Waals surface area contributed by atoms with Crippen LogP contribution in [-0.2, 0) is 0 Å². The summed E-state index contributed by atoms with van der Waals surface area (Å²) in [4.78, 5) is 4.30. The molecular formula is C10H8BrN. The third kappa shape index (κ3) is 1.23. The predicted octanol–water partition coefficient (Wildman–Crippen LogP) is 3.31. The highest BCUT2D eigenvalue weighted by molar-refractivity contribution is 9.10. The van der Waals surface area contributed by atoms with E-state index >= 15 is 0 Å². The van der Waals surface area contributed by atoms with Crippen molar-refractivity contribution >= 4 is 26.8 Å². The molecule has 0 amide bonds. The van der Waals surface area contributed by atoms with Gasteiger partial charge in [-0.1, -0.05) is 22.0 Å².